The van der Waals surface area contributed by atoms with Gasteiger partial charge in [0, 0.05) is 19.5 Å². The number of amides is 1. The van der Waals surface area contributed by atoms with Crippen LogP contribution < -0.4 is 0 Å². The van der Waals surface area contributed by atoms with E-state index in [9.17, 15) is 18.7 Å². The summed E-state index contributed by atoms with van der Waals surface area (Å²) < 4.78 is 27.2. The van der Waals surface area contributed by atoms with E-state index in [-0.39, 0.29) is 17.3 Å². The molecule has 1 fully saturated rings. The molecule has 0 saturated carbocycles. The van der Waals surface area contributed by atoms with Crippen LogP contribution in [0.2, 0.25) is 0 Å². The number of rotatable bonds is 3. The van der Waals surface area contributed by atoms with E-state index in [2.05, 4.69) is 0 Å². The van der Waals surface area contributed by atoms with Gasteiger partial charge in [-0.2, -0.15) is 0 Å². The molecule has 2 aromatic rings. The number of benzene rings is 2. The van der Waals surface area contributed by atoms with Gasteiger partial charge in [-0.25, -0.2) is 8.78 Å². The molecule has 0 aromatic heterocycles. The Morgan fingerprint density at radius 1 is 1.16 bits per heavy atom. The highest BCUT2D eigenvalue weighted by molar-refractivity contribution is 5.94. The predicted octanol–water partition coefficient (Wildman–Crippen LogP) is 3.48. The molecular weight excluding hydrogens is 324 g/mol. The highest BCUT2D eigenvalue weighted by atomic mass is 19.1. The fraction of sp³-hybridized carbons (Fsp3) is 0.350. The zero-order valence-corrected chi connectivity index (χ0v) is 14.1. The Kier molecular flexibility index (Phi) is 4.86. The van der Waals surface area contributed by atoms with Crippen molar-refractivity contribution in [2.75, 3.05) is 13.1 Å². The molecule has 1 aliphatic heterocycles. The van der Waals surface area contributed by atoms with Crippen LogP contribution in [0.25, 0.3) is 0 Å². The van der Waals surface area contributed by atoms with Crippen LogP contribution in [0.15, 0.2) is 42.5 Å². The molecule has 0 atom stereocenters. The minimum atomic E-state index is -0.976. The number of likely N-dealkylation sites (tertiary alicyclic amines) is 1. The van der Waals surface area contributed by atoms with Crippen LogP contribution >= 0.6 is 0 Å². The molecule has 1 saturated heterocycles. The van der Waals surface area contributed by atoms with Crippen molar-refractivity contribution < 1.29 is 18.7 Å². The third kappa shape index (κ3) is 4.04. The predicted molar refractivity (Wildman–Crippen MR) is 91.3 cm³/mol. The Bertz CT molecular complexity index is 783. The van der Waals surface area contributed by atoms with E-state index in [1.807, 2.05) is 6.92 Å². The summed E-state index contributed by atoms with van der Waals surface area (Å²) in [6.07, 6.45) is 1.09. The van der Waals surface area contributed by atoms with Gasteiger partial charge in [0.2, 0.25) is 0 Å². The number of aliphatic hydroxyl groups is 1. The van der Waals surface area contributed by atoms with Crippen LogP contribution in [0.5, 0.6) is 0 Å². The van der Waals surface area contributed by atoms with E-state index in [4.69, 9.17) is 0 Å². The summed E-state index contributed by atoms with van der Waals surface area (Å²) in [5.74, 6) is -1.21. The van der Waals surface area contributed by atoms with Gasteiger partial charge in [-0.1, -0.05) is 23.8 Å². The van der Waals surface area contributed by atoms with Crippen molar-refractivity contribution in [1.29, 1.82) is 0 Å². The minimum absolute atomic E-state index is 0.0653. The van der Waals surface area contributed by atoms with Gasteiger partial charge in [-0.05, 0) is 49.6 Å². The van der Waals surface area contributed by atoms with Gasteiger partial charge in [0.15, 0.2) is 0 Å². The monoisotopic (exact) mass is 345 g/mol. The topological polar surface area (TPSA) is 40.5 Å². The van der Waals surface area contributed by atoms with Crippen LogP contribution in [-0.4, -0.2) is 34.6 Å². The Morgan fingerprint density at radius 2 is 1.88 bits per heavy atom. The molecule has 5 heteroatoms. The van der Waals surface area contributed by atoms with Crippen molar-refractivity contribution in [3.63, 3.8) is 0 Å². The number of hydrogen-bond acceptors (Lipinski definition) is 2. The van der Waals surface area contributed by atoms with Crippen LogP contribution in [0.4, 0.5) is 8.78 Å². The molecule has 0 aliphatic carbocycles. The summed E-state index contributed by atoms with van der Waals surface area (Å²) in [7, 11) is 0. The average molecular weight is 345 g/mol. The molecule has 1 aliphatic rings. The normalized spacial score (nSPS) is 16.7. The molecule has 1 heterocycles. The lowest BCUT2D eigenvalue weighted by Crippen LogP contribution is -2.47. The fourth-order valence-corrected chi connectivity index (χ4v) is 3.30. The third-order valence-electron chi connectivity index (χ3n) is 4.76. The summed E-state index contributed by atoms with van der Waals surface area (Å²) >= 11 is 0. The van der Waals surface area contributed by atoms with Gasteiger partial charge in [-0.3, -0.25) is 4.79 Å². The van der Waals surface area contributed by atoms with Crippen LogP contribution in [0.3, 0.4) is 0 Å². The average Bonchev–Trinajstić information content (AvgIpc) is 2.57. The smallest absolute Gasteiger partial charge is 0.256 e. The molecule has 0 radical (unpaired) electrons. The molecule has 0 unspecified atom stereocenters. The second-order valence-corrected chi connectivity index (χ2v) is 6.81. The summed E-state index contributed by atoms with van der Waals surface area (Å²) in [6.45, 7) is 2.50. The molecule has 25 heavy (non-hydrogen) atoms. The Labute approximate surface area is 145 Å². The van der Waals surface area contributed by atoms with Crippen LogP contribution in [-0.2, 0) is 6.42 Å². The van der Waals surface area contributed by atoms with Gasteiger partial charge in [-0.15, -0.1) is 0 Å². The van der Waals surface area contributed by atoms with E-state index in [0.29, 0.717) is 32.4 Å². The SMILES string of the molecule is Cc1ccc(F)c(C(=O)N2CCC(O)(Cc3cccc(F)c3)CC2)c1. The first-order valence-electron chi connectivity index (χ1n) is 8.39. The number of halogens is 2. The van der Waals surface area contributed by atoms with Crippen molar-refractivity contribution in [2.45, 2.75) is 31.8 Å². The summed E-state index contributed by atoms with van der Waals surface area (Å²) in [5.41, 5.74) is 0.641. The van der Waals surface area contributed by atoms with Crippen molar-refractivity contribution in [3.8, 4) is 0 Å². The van der Waals surface area contributed by atoms with Crippen molar-refractivity contribution in [1.82, 2.24) is 4.90 Å². The maximum atomic E-state index is 13.9. The van der Waals surface area contributed by atoms with Crippen LogP contribution in [0, 0.1) is 18.6 Å². The lowest BCUT2D eigenvalue weighted by Gasteiger charge is -2.38. The Morgan fingerprint density at radius 3 is 2.56 bits per heavy atom. The molecular formula is C20H21F2NO2. The number of aryl methyl sites for hydroxylation is 1. The first-order chi connectivity index (χ1) is 11.9. The highest BCUT2D eigenvalue weighted by Gasteiger charge is 2.34. The number of nitrogens with zero attached hydrogens (tertiary/aromatic N) is 1. The van der Waals surface area contributed by atoms with Gasteiger partial charge in [0.25, 0.3) is 5.91 Å². The van der Waals surface area contributed by atoms with Gasteiger partial charge in [0.1, 0.15) is 11.6 Å². The molecule has 0 spiro atoms. The Hall–Kier alpha value is -2.27. The molecule has 3 rings (SSSR count). The summed E-state index contributed by atoms with van der Waals surface area (Å²) in [4.78, 5) is 14.1. The van der Waals surface area contributed by atoms with Crippen molar-refractivity contribution >= 4 is 5.91 Å². The van der Waals surface area contributed by atoms with Gasteiger partial charge in [0.05, 0.1) is 11.2 Å². The lowest BCUT2D eigenvalue weighted by atomic mass is 9.85. The first kappa shape index (κ1) is 17.5. The van der Waals surface area contributed by atoms with E-state index < -0.39 is 11.4 Å². The maximum absolute atomic E-state index is 13.9. The molecule has 3 nitrogen and oxygen atoms in total. The third-order valence-corrected chi connectivity index (χ3v) is 4.76. The lowest BCUT2D eigenvalue weighted by molar-refractivity contribution is -0.0163. The minimum Gasteiger partial charge on any atom is -0.389 e. The van der Waals surface area contributed by atoms with Crippen LogP contribution in [0.1, 0.15) is 34.3 Å². The standard InChI is InChI=1S/C20H21F2NO2/c1-14-5-6-18(22)17(11-14)19(24)23-9-7-20(25,8-10-23)13-15-3-2-4-16(21)12-15/h2-6,11-12,25H,7-10,13H2,1H3. The largest absolute Gasteiger partial charge is 0.389 e. The fourth-order valence-electron chi connectivity index (χ4n) is 3.30. The Balaban J connectivity index is 1.66. The van der Waals surface area contributed by atoms with E-state index in [1.165, 1.54) is 18.2 Å². The second kappa shape index (κ2) is 6.92. The number of carbonyl (C=O) groups is 1. The highest BCUT2D eigenvalue weighted by Crippen LogP contribution is 2.28. The molecule has 1 N–H and O–H groups in total. The molecule has 132 valence electrons. The van der Waals surface area contributed by atoms with Gasteiger partial charge >= 0.3 is 0 Å². The zero-order chi connectivity index (χ0) is 18.0. The first-order valence-corrected chi connectivity index (χ1v) is 8.39. The number of hydrogen-bond donors (Lipinski definition) is 1. The molecule has 1 amide bonds. The summed E-state index contributed by atoms with van der Waals surface area (Å²) in [6, 6.07) is 10.6. The van der Waals surface area contributed by atoms with E-state index in [0.717, 1.165) is 11.1 Å². The van der Waals surface area contributed by atoms with E-state index >= 15 is 0 Å². The van der Waals surface area contributed by atoms with Crippen molar-refractivity contribution in [2.24, 2.45) is 0 Å². The van der Waals surface area contributed by atoms with Crippen molar-refractivity contribution in [3.05, 3.63) is 70.8 Å². The number of carbonyl (C=O) groups excluding carboxylic acids is 1. The van der Waals surface area contributed by atoms with Gasteiger partial charge < -0.3 is 10.0 Å². The number of piperidine rings is 1. The molecule has 2 aromatic carbocycles. The molecule has 0 bridgehead atoms. The maximum Gasteiger partial charge on any atom is 0.256 e. The summed E-state index contributed by atoms with van der Waals surface area (Å²) in [5, 5.41) is 10.7. The zero-order valence-electron chi connectivity index (χ0n) is 14.1. The second-order valence-electron chi connectivity index (χ2n) is 6.81. The van der Waals surface area contributed by atoms with E-state index in [1.54, 1.807) is 29.2 Å². The quantitative estimate of drug-likeness (QED) is 0.925.